The van der Waals surface area contributed by atoms with E-state index >= 15 is 0 Å². The van der Waals surface area contributed by atoms with Crippen LogP contribution >= 0.6 is 11.6 Å². The normalized spacial score (nSPS) is 14.0. The zero-order valence-corrected chi connectivity index (χ0v) is 19.0. The van der Waals surface area contributed by atoms with Gasteiger partial charge in [0.05, 0.1) is 0 Å². The maximum absolute atomic E-state index is 12.4. The number of rotatable bonds is 9. The first-order chi connectivity index (χ1) is 15.4. The summed E-state index contributed by atoms with van der Waals surface area (Å²) in [6, 6.07) is 14.0. The van der Waals surface area contributed by atoms with Crippen molar-refractivity contribution in [3.63, 3.8) is 0 Å². The van der Waals surface area contributed by atoms with Gasteiger partial charge in [0, 0.05) is 60.5 Å². The highest BCUT2D eigenvalue weighted by molar-refractivity contribution is 6.30. The highest BCUT2D eigenvalue weighted by Crippen LogP contribution is 2.23. The predicted octanol–water partition coefficient (Wildman–Crippen LogP) is 3.59. The molecule has 0 radical (unpaired) electrons. The van der Waals surface area contributed by atoms with E-state index in [0.29, 0.717) is 10.6 Å². The van der Waals surface area contributed by atoms with Gasteiger partial charge >= 0.3 is 0 Å². The second kappa shape index (κ2) is 11.5. The first-order valence-corrected chi connectivity index (χ1v) is 11.3. The Hall–Kier alpha value is -3.06. The lowest BCUT2D eigenvalue weighted by molar-refractivity contribution is -0.122. The summed E-state index contributed by atoms with van der Waals surface area (Å²) in [4.78, 5) is 38.9. The van der Waals surface area contributed by atoms with Gasteiger partial charge in [-0.3, -0.25) is 14.4 Å². The number of hydrogen-bond donors (Lipinski definition) is 3. The predicted molar refractivity (Wildman–Crippen MR) is 127 cm³/mol. The van der Waals surface area contributed by atoms with Crippen LogP contribution in [0.1, 0.15) is 43.0 Å². The smallest absolute Gasteiger partial charge is 0.251 e. The molecule has 2 aromatic rings. The van der Waals surface area contributed by atoms with Gasteiger partial charge in [0.15, 0.2) is 0 Å². The molecule has 0 aromatic heterocycles. The van der Waals surface area contributed by atoms with Crippen LogP contribution in [-0.2, 0) is 9.59 Å². The van der Waals surface area contributed by atoms with Crippen molar-refractivity contribution >= 4 is 40.7 Å². The Morgan fingerprint density at radius 2 is 1.75 bits per heavy atom. The summed E-state index contributed by atoms with van der Waals surface area (Å²) < 4.78 is 0. The minimum absolute atomic E-state index is 0.128. The summed E-state index contributed by atoms with van der Waals surface area (Å²) in [7, 11) is 0. The van der Waals surface area contributed by atoms with E-state index in [1.165, 1.54) is 12.8 Å². The van der Waals surface area contributed by atoms with E-state index < -0.39 is 0 Å². The molecule has 8 heteroatoms. The molecule has 1 saturated heterocycles. The van der Waals surface area contributed by atoms with Crippen LogP contribution in [0, 0.1) is 0 Å². The van der Waals surface area contributed by atoms with Gasteiger partial charge in [-0.05, 0) is 62.2 Å². The molecule has 2 aromatic carbocycles. The number of carbonyl (C=O) groups is 3. The molecule has 170 valence electrons. The minimum atomic E-state index is -0.323. The van der Waals surface area contributed by atoms with Crippen LogP contribution in [0.4, 0.5) is 11.4 Å². The van der Waals surface area contributed by atoms with Crippen molar-refractivity contribution < 1.29 is 14.4 Å². The Morgan fingerprint density at radius 1 is 1.03 bits per heavy atom. The molecule has 32 heavy (non-hydrogen) atoms. The van der Waals surface area contributed by atoms with Crippen molar-refractivity contribution in [2.24, 2.45) is 0 Å². The van der Waals surface area contributed by atoms with E-state index in [-0.39, 0.29) is 43.1 Å². The largest absolute Gasteiger partial charge is 0.371 e. The second-order valence-corrected chi connectivity index (χ2v) is 8.41. The number of nitrogens with zero attached hydrogens (tertiary/aromatic N) is 1. The summed E-state index contributed by atoms with van der Waals surface area (Å²) >= 11 is 5.81. The standard InChI is InChI=1S/C24H29ClN4O3/c1-17(27-22(30)11-12-26-24(32)18-7-9-19(25)10-8-18)15-23(31)28-20-5-4-6-21(16-20)29-13-2-3-14-29/h4-10,16-17H,2-3,11-15H2,1H3,(H,26,32)(H,27,30)(H,28,31). The maximum atomic E-state index is 12.4. The highest BCUT2D eigenvalue weighted by atomic mass is 35.5. The van der Waals surface area contributed by atoms with Gasteiger partial charge < -0.3 is 20.9 Å². The fraction of sp³-hybridized carbons (Fsp3) is 0.375. The average Bonchev–Trinajstić information content (AvgIpc) is 3.29. The Labute approximate surface area is 193 Å². The molecule has 3 rings (SSSR count). The van der Waals surface area contributed by atoms with E-state index in [2.05, 4.69) is 26.9 Å². The van der Waals surface area contributed by atoms with Crippen LogP contribution in [0.5, 0.6) is 0 Å². The van der Waals surface area contributed by atoms with E-state index in [0.717, 1.165) is 24.5 Å². The number of hydrogen-bond acceptors (Lipinski definition) is 4. The third-order valence-corrected chi connectivity index (χ3v) is 5.50. The number of nitrogens with one attached hydrogen (secondary N) is 3. The van der Waals surface area contributed by atoms with Gasteiger partial charge in [0.2, 0.25) is 11.8 Å². The molecule has 1 unspecified atom stereocenters. The molecule has 1 fully saturated rings. The summed E-state index contributed by atoms with van der Waals surface area (Å²) in [5.41, 5.74) is 2.35. The van der Waals surface area contributed by atoms with Crippen LogP contribution in [0.15, 0.2) is 48.5 Å². The van der Waals surface area contributed by atoms with E-state index in [1.807, 2.05) is 18.2 Å². The SMILES string of the molecule is CC(CC(=O)Nc1cccc(N2CCCC2)c1)NC(=O)CCNC(=O)c1ccc(Cl)cc1. The molecule has 3 amide bonds. The molecular formula is C24H29ClN4O3. The average molecular weight is 457 g/mol. The van der Waals surface area contributed by atoms with Crippen LogP contribution in [0.2, 0.25) is 5.02 Å². The van der Waals surface area contributed by atoms with Gasteiger partial charge in [-0.1, -0.05) is 17.7 Å². The van der Waals surface area contributed by atoms with Crippen molar-refractivity contribution in [1.82, 2.24) is 10.6 Å². The molecule has 0 saturated carbocycles. The molecule has 1 aliphatic heterocycles. The number of anilines is 2. The zero-order chi connectivity index (χ0) is 22.9. The van der Waals surface area contributed by atoms with Crippen molar-refractivity contribution in [1.29, 1.82) is 0 Å². The van der Waals surface area contributed by atoms with Gasteiger partial charge in [0.25, 0.3) is 5.91 Å². The zero-order valence-electron chi connectivity index (χ0n) is 18.2. The number of benzene rings is 2. The fourth-order valence-corrected chi connectivity index (χ4v) is 3.76. The highest BCUT2D eigenvalue weighted by Gasteiger charge is 2.15. The van der Waals surface area contributed by atoms with Crippen LogP contribution < -0.4 is 20.9 Å². The Balaban J connectivity index is 1.37. The van der Waals surface area contributed by atoms with Crippen LogP contribution in [-0.4, -0.2) is 43.4 Å². The van der Waals surface area contributed by atoms with Crippen molar-refractivity contribution in [3.05, 3.63) is 59.1 Å². The van der Waals surface area contributed by atoms with E-state index in [4.69, 9.17) is 11.6 Å². The third-order valence-electron chi connectivity index (χ3n) is 5.24. The van der Waals surface area contributed by atoms with Crippen molar-refractivity contribution in [2.75, 3.05) is 29.9 Å². The topological polar surface area (TPSA) is 90.5 Å². The summed E-state index contributed by atoms with van der Waals surface area (Å²) in [6.45, 7) is 4.07. The van der Waals surface area contributed by atoms with Crippen molar-refractivity contribution in [3.8, 4) is 0 Å². The quantitative estimate of drug-likeness (QED) is 0.537. The van der Waals surface area contributed by atoms with Gasteiger partial charge in [-0.2, -0.15) is 0 Å². The first-order valence-electron chi connectivity index (χ1n) is 10.9. The number of amides is 3. The summed E-state index contributed by atoms with van der Waals surface area (Å²) in [5.74, 6) is -0.650. The van der Waals surface area contributed by atoms with E-state index in [9.17, 15) is 14.4 Å². The van der Waals surface area contributed by atoms with Gasteiger partial charge in [0.1, 0.15) is 0 Å². The molecule has 0 spiro atoms. The van der Waals surface area contributed by atoms with E-state index in [1.54, 1.807) is 31.2 Å². The monoisotopic (exact) mass is 456 g/mol. The lowest BCUT2D eigenvalue weighted by Gasteiger charge is -2.19. The molecule has 1 atom stereocenters. The Morgan fingerprint density at radius 3 is 2.47 bits per heavy atom. The maximum Gasteiger partial charge on any atom is 0.251 e. The van der Waals surface area contributed by atoms with Crippen molar-refractivity contribution in [2.45, 2.75) is 38.6 Å². The Bertz CT molecular complexity index is 943. The summed E-state index contributed by atoms with van der Waals surface area (Å²) in [6.07, 6.45) is 2.68. The van der Waals surface area contributed by atoms with Gasteiger partial charge in [-0.25, -0.2) is 0 Å². The first kappa shape index (κ1) is 23.6. The fourth-order valence-electron chi connectivity index (χ4n) is 3.64. The lowest BCUT2D eigenvalue weighted by Crippen LogP contribution is -2.37. The minimum Gasteiger partial charge on any atom is -0.371 e. The molecule has 1 aliphatic rings. The van der Waals surface area contributed by atoms with Gasteiger partial charge in [-0.15, -0.1) is 0 Å². The second-order valence-electron chi connectivity index (χ2n) is 7.98. The molecule has 1 heterocycles. The number of halogens is 1. The molecule has 0 aliphatic carbocycles. The third kappa shape index (κ3) is 7.27. The van der Waals surface area contributed by atoms with Crippen LogP contribution in [0.3, 0.4) is 0 Å². The summed E-state index contributed by atoms with van der Waals surface area (Å²) in [5, 5.41) is 8.96. The molecule has 0 bridgehead atoms. The Kier molecular flexibility index (Phi) is 8.50. The van der Waals surface area contributed by atoms with Crippen LogP contribution in [0.25, 0.3) is 0 Å². The lowest BCUT2D eigenvalue weighted by atomic mass is 10.2. The molecule has 7 nitrogen and oxygen atoms in total. The molecular weight excluding hydrogens is 428 g/mol. The number of carbonyl (C=O) groups excluding carboxylic acids is 3. The molecule has 3 N–H and O–H groups in total.